The lowest BCUT2D eigenvalue weighted by Crippen LogP contribution is -2.49. The van der Waals surface area contributed by atoms with Crippen LogP contribution in [0, 0.1) is 11.8 Å². The van der Waals surface area contributed by atoms with Crippen LogP contribution < -0.4 is 10.5 Å². The minimum absolute atomic E-state index is 0.0274. The second-order valence-electron chi connectivity index (χ2n) is 6.82. The van der Waals surface area contributed by atoms with Gasteiger partial charge in [0.1, 0.15) is 5.75 Å². The summed E-state index contributed by atoms with van der Waals surface area (Å²) in [5.74, 6) is -1.55. The van der Waals surface area contributed by atoms with E-state index in [4.69, 9.17) is 10.5 Å². The van der Waals surface area contributed by atoms with Crippen LogP contribution in [-0.2, 0) is 9.84 Å². The zero-order valence-electron chi connectivity index (χ0n) is 14.7. The molecule has 0 radical (unpaired) electrons. The van der Waals surface area contributed by atoms with Gasteiger partial charge in [-0.05, 0) is 37.3 Å². The normalized spacial score (nSPS) is 23.6. The van der Waals surface area contributed by atoms with E-state index < -0.39 is 26.8 Å². The molecule has 1 amide bonds. The topological polar surface area (TPSA) is 86.5 Å². The van der Waals surface area contributed by atoms with Gasteiger partial charge in [0.2, 0.25) is 9.84 Å². The van der Waals surface area contributed by atoms with Crippen LogP contribution in [0.2, 0.25) is 0 Å². The van der Waals surface area contributed by atoms with Crippen LogP contribution in [-0.4, -0.2) is 25.3 Å². The first-order valence-corrected chi connectivity index (χ1v) is 10.4. The maximum Gasteiger partial charge on any atom is 0.352 e. The molecule has 2 rings (SSSR count). The number of carbonyl (C=O) groups is 1. The first-order valence-electron chi connectivity index (χ1n) is 8.70. The van der Waals surface area contributed by atoms with E-state index >= 15 is 4.39 Å². The van der Waals surface area contributed by atoms with Gasteiger partial charge in [-0.15, -0.1) is 0 Å². The van der Waals surface area contributed by atoms with Crippen molar-refractivity contribution in [2.45, 2.75) is 51.1 Å². The molecular formula is C18H26FNO4S. The zero-order chi connectivity index (χ0) is 18.7. The summed E-state index contributed by atoms with van der Waals surface area (Å²) in [6, 6.07) is 5.89. The van der Waals surface area contributed by atoms with Gasteiger partial charge in [0.05, 0.1) is 11.3 Å². The van der Waals surface area contributed by atoms with Gasteiger partial charge in [0, 0.05) is 5.92 Å². The molecule has 0 bridgehead atoms. The lowest BCUT2D eigenvalue weighted by atomic mass is 9.83. The van der Waals surface area contributed by atoms with Crippen molar-refractivity contribution in [1.29, 1.82) is 0 Å². The average Bonchev–Trinajstić information content (AvgIpc) is 2.55. The Hall–Kier alpha value is -1.63. The maximum atomic E-state index is 15.9. The van der Waals surface area contributed by atoms with Gasteiger partial charge in [0.25, 0.3) is 5.91 Å². The molecule has 1 unspecified atom stereocenters. The quantitative estimate of drug-likeness (QED) is 0.795. The third kappa shape index (κ3) is 4.14. The number of halogens is 1. The molecule has 1 saturated carbocycles. The molecule has 1 aromatic carbocycles. The minimum atomic E-state index is -4.17. The number of alkyl halides is 1. The molecule has 7 heteroatoms. The van der Waals surface area contributed by atoms with Gasteiger partial charge in [0.15, 0.2) is 0 Å². The van der Waals surface area contributed by atoms with Crippen molar-refractivity contribution in [1.82, 2.24) is 0 Å². The highest BCUT2D eigenvalue weighted by Crippen LogP contribution is 2.43. The highest BCUT2D eigenvalue weighted by molar-refractivity contribution is 7.92. The lowest BCUT2D eigenvalue weighted by Gasteiger charge is -2.37. The van der Waals surface area contributed by atoms with Crippen LogP contribution in [0.4, 0.5) is 4.39 Å². The Morgan fingerprint density at radius 2 is 1.88 bits per heavy atom. The van der Waals surface area contributed by atoms with Gasteiger partial charge < -0.3 is 10.5 Å². The predicted molar refractivity (Wildman–Crippen MR) is 94.6 cm³/mol. The van der Waals surface area contributed by atoms with Crippen LogP contribution in [0.5, 0.6) is 5.75 Å². The summed E-state index contributed by atoms with van der Waals surface area (Å²) in [5.41, 5.74) is 5.28. The van der Waals surface area contributed by atoms with E-state index in [9.17, 15) is 13.2 Å². The SMILES string of the molecule is CCCS(=O)(=O)C(F)(Oc1ccccc1C(N)=O)C1CCC(C)CC1. The van der Waals surface area contributed by atoms with Crippen molar-refractivity contribution < 1.29 is 22.3 Å². The highest BCUT2D eigenvalue weighted by Gasteiger charge is 2.53. The van der Waals surface area contributed by atoms with Crippen molar-refractivity contribution in [3.8, 4) is 5.75 Å². The third-order valence-electron chi connectivity index (χ3n) is 4.80. The van der Waals surface area contributed by atoms with Crippen molar-refractivity contribution >= 4 is 15.7 Å². The maximum absolute atomic E-state index is 15.9. The summed E-state index contributed by atoms with van der Waals surface area (Å²) in [7, 11) is -4.17. The van der Waals surface area contributed by atoms with E-state index in [1.807, 2.05) is 0 Å². The molecule has 1 aliphatic rings. The Labute approximate surface area is 148 Å². The van der Waals surface area contributed by atoms with E-state index in [1.165, 1.54) is 12.1 Å². The fourth-order valence-corrected chi connectivity index (χ4v) is 5.10. The number of amides is 1. The third-order valence-corrected chi connectivity index (χ3v) is 7.01. The monoisotopic (exact) mass is 371 g/mol. The van der Waals surface area contributed by atoms with E-state index in [0.29, 0.717) is 18.8 Å². The summed E-state index contributed by atoms with van der Waals surface area (Å²) in [6.45, 7) is 3.75. The van der Waals surface area contributed by atoms with Crippen LogP contribution in [0.15, 0.2) is 24.3 Å². The van der Waals surface area contributed by atoms with Gasteiger partial charge >= 0.3 is 5.19 Å². The number of primary amides is 1. The Balaban J connectivity index is 2.44. The molecule has 0 aliphatic heterocycles. The van der Waals surface area contributed by atoms with E-state index in [2.05, 4.69) is 6.92 Å². The van der Waals surface area contributed by atoms with Crippen LogP contribution in [0.25, 0.3) is 0 Å². The number of nitrogens with two attached hydrogens (primary N) is 1. The Morgan fingerprint density at radius 1 is 1.28 bits per heavy atom. The van der Waals surface area contributed by atoms with Crippen molar-refractivity contribution in [2.24, 2.45) is 17.6 Å². The predicted octanol–water partition coefficient (Wildman–Crippen LogP) is 3.44. The molecule has 25 heavy (non-hydrogen) atoms. The number of para-hydroxylation sites is 1. The van der Waals surface area contributed by atoms with Crippen molar-refractivity contribution in [3.05, 3.63) is 29.8 Å². The van der Waals surface area contributed by atoms with Crippen LogP contribution in [0.3, 0.4) is 0 Å². The largest absolute Gasteiger partial charge is 0.444 e. The molecule has 0 heterocycles. The summed E-state index contributed by atoms with van der Waals surface area (Å²) in [4.78, 5) is 11.6. The molecule has 1 fully saturated rings. The molecule has 1 aromatic rings. The minimum Gasteiger partial charge on any atom is -0.444 e. The second-order valence-corrected chi connectivity index (χ2v) is 9.02. The first-order chi connectivity index (χ1) is 11.7. The summed E-state index contributed by atoms with van der Waals surface area (Å²) < 4.78 is 46.8. The van der Waals surface area contributed by atoms with Crippen molar-refractivity contribution in [2.75, 3.05) is 5.75 Å². The van der Waals surface area contributed by atoms with E-state index in [1.54, 1.807) is 19.1 Å². The van der Waals surface area contributed by atoms with E-state index in [-0.39, 0.29) is 23.5 Å². The fraction of sp³-hybridized carbons (Fsp3) is 0.611. The summed E-state index contributed by atoms with van der Waals surface area (Å²) >= 11 is 0. The molecule has 140 valence electrons. The first kappa shape index (κ1) is 19.7. The molecular weight excluding hydrogens is 345 g/mol. The van der Waals surface area contributed by atoms with Gasteiger partial charge in [-0.3, -0.25) is 4.79 Å². The second kappa shape index (κ2) is 7.72. The number of rotatable bonds is 7. The molecule has 1 atom stereocenters. The molecule has 0 spiro atoms. The molecule has 2 N–H and O–H groups in total. The fourth-order valence-electron chi connectivity index (χ4n) is 3.32. The Bertz CT molecular complexity index is 714. The average molecular weight is 371 g/mol. The Morgan fingerprint density at radius 3 is 2.44 bits per heavy atom. The standard InChI is InChI=1S/C18H26FNO4S/c1-3-12-25(22,23)18(19,14-10-8-13(2)9-11-14)24-16-7-5-4-6-15(16)17(20)21/h4-7,13-14H,3,8-12H2,1-2H3,(H2,20,21). The van der Waals surface area contributed by atoms with E-state index in [0.717, 1.165) is 12.8 Å². The molecule has 1 aliphatic carbocycles. The summed E-state index contributed by atoms with van der Waals surface area (Å²) in [6.07, 6.45) is 2.65. The smallest absolute Gasteiger partial charge is 0.352 e. The highest BCUT2D eigenvalue weighted by atomic mass is 32.2. The number of carbonyl (C=O) groups excluding carboxylic acids is 1. The van der Waals surface area contributed by atoms with Crippen LogP contribution >= 0.6 is 0 Å². The van der Waals surface area contributed by atoms with Gasteiger partial charge in [-0.1, -0.05) is 38.8 Å². The zero-order valence-corrected chi connectivity index (χ0v) is 15.5. The number of ether oxygens (including phenoxy) is 1. The van der Waals surface area contributed by atoms with Crippen LogP contribution in [0.1, 0.15) is 56.3 Å². The molecule has 0 saturated heterocycles. The Kier molecular flexibility index (Phi) is 6.08. The number of sulfone groups is 1. The van der Waals surface area contributed by atoms with Gasteiger partial charge in [-0.25, -0.2) is 8.42 Å². The molecule has 5 nitrogen and oxygen atoms in total. The number of hydrogen-bond acceptors (Lipinski definition) is 4. The van der Waals surface area contributed by atoms with Crippen molar-refractivity contribution in [3.63, 3.8) is 0 Å². The summed E-state index contributed by atoms with van der Waals surface area (Å²) in [5, 5.41) is -2.85. The van der Waals surface area contributed by atoms with Gasteiger partial charge in [-0.2, -0.15) is 4.39 Å². The lowest BCUT2D eigenvalue weighted by molar-refractivity contribution is -0.0506. The number of hydrogen-bond donors (Lipinski definition) is 1. The number of benzene rings is 1. The molecule has 0 aromatic heterocycles.